The highest BCUT2D eigenvalue weighted by molar-refractivity contribution is 7.80. The van der Waals surface area contributed by atoms with Gasteiger partial charge in [0.05, 0.1) is 18.7 Å². The van der Waals surface area contributed by atoms with Gasteiger partial charge in [-0.15, -0.1) is 4.28 Å². The molecule has 0 spiro atoms. The number of carbonyl (C=O) groups excluding carboxylic acids is 2. The number of hydroxylamine groups is 3. The number of urea groups is 1. The van der Waals surface area contributed by atoms with E-state index in [0.717, 1.165) is 6.42 Å². The Morgan fingerprint density at radius 2 is 2.21 bits per heavy atom. The minimum Gasteiger partial charge on any atom is -0.309 e. The zero-order valence-corrected chi connectivity index (χ0v) is 16.1. The highest BCUT2D eigenvalue weighted by Gasteiger charge is 2.49. The van der Waals surface area contributed by atoms with Gasteiger partial charge in [0.2, 0.25) is 0 Å². The van der Waals surface area contributed by atoms with Crippen molar-refractivity contribution in [3.63, 3.8) is 0 Å². The third-order valence-electron chi connectivity index (χ3n) is 5.27. The second-order valence-corrected chi connectivity index (χ2v) is 8.16. The number of hydrogen-bond donors (Lipinski definition) is 3. The van der Waals surface area contributed by atoms with E-state index in [1.807, 2.05) is 0 Å². The summed E-state index contributed by atoms with van der Waals surface area (Å²) in [5, 5.41) is 7.98. The van der Waals surface area contributed by atoms with E-state index in [4.69, 9.17) is 9.39 Å². The van der Waals surface area contributed by atoms with Crippen molar-refractivity contribution in [1.29, 1.82) is 0 Å². The summed E-state index contributed by atoms with van der Waals surface area (Å²) >= 11 is 0. The monoisotopic (exact) mass is 431 g/mol. The lowest BCUT2D eigenvalue weighted by Crippen LogP contribution is -2.50. The molecule has 14 nitrogen and oxygen atoms in total. The van der Waals surface area contributed by atoms with Crippen LogP contribution in [0.2, 0.25) is 0 Å². The molecule has 3 N–H and O–H groups in total. The first kappa shape index (κ1) is 20.0. The summed E-state index contributed by atoms with van der Waals surface area (Å²) in [6.45, 7) is 1.07. The lowest BCUT2D eigenvalue weighted by molar-refractivity contribution is -0.139. The Labute approximate surface area is 166 Å². The number of hydrogen-bond acceptors (Lipinski definition) is 9. The molecular weight excluding hydrogens is 410 g/mol. The van der Waals surface area contributed by atoms with Gasteiger partial charge < -0.3 is 10.2 Å². The van der Waals surface area contributed by atoms with Crippen LogP contribution in [0.15, 0.2) is 12.7 Å². The number of aromatic nitrogens is 3. The zero-order valence-electron chi connectivity index (χ0n) is 15.2. The number of carbonyl (C=O) groups is 2. The van der Waals surface area contributed by atoms with Crippen LogP contribution >= 0.6 is 0 Å². The Hall–Kier alpha value is -2.33. The Morgan fingerprint density at radius 3 is 2.93 bits per heavy atom. The molecule has 0 aliphatic carbocycles. The zero-order chi connectivity index (χ0) is 20.6. The molecular formula is C14H21N7O7S. The van der Waals surface area contributed by atoms with Crippen LogP contribution in [0.5, 0.6) is 0 Å². The van der Waals surface area contributed by atoms with E-state index in [1.54, 1.807) is 11.0 Å². The summed E-state index contributed by atoms with van der Waals surface area (Å²) in [6.07, 6.45) is 4.54. The highest BCUT2D eigenvalue weighted by atomic mass is 32.3. The molecule has 4 rings (SSSR count). The topological polar surface area (TPSA) is 168 Å². The molecule has 160 valence electrons. The first-order valence-corrected chi connectivity index (χ1v) is 10.4. The first-order valence-electron chi connectivity index (χ1n) is 9.08. The van der Waals surface area contributed by atoms with Gasteiger partial charge >= 0.3 is 16.4 Å². The van der Waals surface area contributed by atoms with Gasteiger partial charge in [-0.2, -0.15) is 18.6 Å². The summed E-state index contributed by atoms with van der Waals surface area (Å²) in [5.41, 5.74) is 2.36. The Kier molecular flexibility index (Phi) is 5.39. The SMILES string of the molecule is O=C(NOC[C@H]1C[C@@H](n2cncn2)CN1)C1CCC2CN1C(=O)N2OS(=O)(=O)O. The van der Waals surface area contributed by atoms with Crippen molar-refractivity contribution < 1.29 is 31.7 Å². The number of nitrogens with one attached hydrogen (secondary N) is 2. The molecule has 2 bridgehead atoms. The number of amides is 3. The number of nitrogens with zero attached hydrogens (tertiary/aromatic N) is 5. The average molecular weight is 431 g/mol. The van der Waals surface area contributed by atoms with Crippen molar-refractivity contribution >= 4 is 22.3 Å². The van der Waals surface area contributed by atoms with Crippen LogP contribution in [0.4, 0.5) is 4.79 Å². The van der Waals surface area contributed by atoms with Crippen molar-refractivity contribution in [1.82, 2.24) is 35.5 Å². The number of rotatable bonds is 7. The maximum Gasteiger partial charge on any atom is 0.418 e. The van der Waals surface area contributed by atoms with Gasteiger partial charge in [0.1, 0.15) is 18.7 Å². The van der Waals surface area contributed by atoms with E-state index >= 15 is 0 Å². The van der Waals surface area contributed by atoms with Gasteiger partial charge in [0.25, 0.3) is 5.91 Å². The first-order chi connectivity index (χ1) is 13.8. The fourth-order valence-electron chi connectivity index (χ4n) is 3.92. The van der Waals surface area contributed by atoms with E-state index in [1.165, 1.54) is 11.2 Å². The second-order valence-electron chi connectivity index (χ2n) is 7.16. The van der Waals surface area contributed by atoms with Crippen LogP contribution in [-0.2, 0) is 24.3 Å². The van der Waals surface area contributed by atoms with Crippen molar-refractivity contribution in [3.8, 4) is 0 Å². The molecule has 2 unspecified atom stereocenters. The van der Waals surface area contributed by atoms with Crippen molar-refractivity contribution in [2.75, 3.05) is 19.7 Å². The van der Waals surface area contributed by atoms with Crippen LogP contribution in [0, 0.1) is 0 Å². The molecule has 4 heterocycles. The lowest BCUT2D eigenvalue weighted by Gasteiger charge is -2.29. The quantitative estimate of drug-likeness (QED) is 0.332. The molecule has 1 aromatic heterocycles. The van der Waals surface area contributed by atoms with E-state index in [9.17, 15) is 18.0 Å². The molecule has 0 saturated carbocycles. The Balaban J connectivity index is 1.25. The lowest BCUT2D eigenvalue weighted by atomic mass is 10.0. The van der Waals surface area contributed by atoms with Gasteiger partial charge in [-0.3, -0.25) is 14.2 Å². The largest absolute Gasteiger partial charge is 0.418 e. The normalized spacial score (nSPS) is 29.5. The second kappa shape index (κ2) is 7.83. The maximum absolute atomic E-state index is 12.4. The van der Waals surface area contributed by atoms with Gasteiger partial charge in [0, 0.05) is 19.1 Å². The smallest absolute Gasteiger partial charge is 0.309 e. The summed E-state index contributed by atoms with van der Waals surface area (Å²) < 4.78 is 36.7. The molecule has 3 fully saturated rings. The predicted octanol–water partition coefficient (Wildman–Crippen LogP) is -1.77. The van der Waals surface area contributed by atoms with E-state index in [2.05, 4.69) is 25.2 Å². The fourth-order valence-corrected chi connectivity index (χ4v) is 4.31. The number of fused-ring (bicyclic) bond motifs is 2. The van der Waals surface area contributed by atoms with Crippen molar-refractivity contribution in [2.45, 2.75) is 43.4 Å². The van der Waals surface area contributed by atoms with Gasteiger partial charge in [-0.1, -0.05) is 0 Å². The maximum atomic E-state index is 12.4. The summed E-state index contributed by atoms with van der Waals surface area (Å²) in [5.74, 6) is -0.503. The fraction of sp³-hybridized carbons (Fsp3) is 0.714. The van der Waals surface area contributed by atoms with Crippen molar-refractivity contribution in [2.24, 2.45) is 0 Å². The third-order valence-corrected chi connectivity index (χ3v) is 5.62. The summed E-state index contributed by atoms with van der Waals surface area (Å²) in [4.78, 5) is 35.2. The molecule has 15 heteroatoms. The molecule has 3 saturated heterocycles. The highest BCUT2D eigenvalue weighted by Crippen LogP contribution is 2.30. The third kappa shape index (κ3) is 4.32. The van der Waals surface area contributed by atoms with Gasteiger partial charge in [-0.05, 0) is 19.3 Å². The Morgan fingerprint density at radius 1 is 1.38 bits per heavy atom. The molecule has 3 amide bonds. The van der Waals surface area contributed by atoms with Gasteiger partial charge in [-0.25, -0.2) is 19.9 Å². The van der Waals surface area contributed by atoms with Crippen LogP contribution in [-0.4, -0.2) is 87.5 Å². The van der Waals surface area contributed by atoms with E-state index in [0.29, 0.717) is 24.4 Å². The van der Waals surface area contributed by atoms with Crippen LogP contribution in [0.1, 0.15) is 25.3 Å². The van der Waals surface area contributed by atoms with Crippen molar-refractivity contribution in [3.05, 3.63) is 12.7 Å². The minimum atomic E-state index is -4.83. The summed E-state index contributed by atoms with van der Waals surface area (Å²) in [7, 11) is -4.83. The Bertz CT molecular complexity index is 864. The van der Waals surface area contributed by atoms with Crippen LogP contribution in [0.25, 0.3) is 0 Å². The average Bonchev–Trinajstić information content (AvgIpc) is 3.39. The molecule has 0 radical (unpaired) electrons. The molecule has 29 heavy (non-hydrogen) atoms. The van der Waals surface area contributed by atoms with Crippen LogP contribution < -0.4 is 10.8 Å². The van der Waals surface area contributed by atoms with Gasteiger partial charge in [0.15, 0.2) is 0 Å². The number of piperidine rings is 1. The molecule has 1 aromatic rings. The van der Waals surface area contributed by atoms with E-state index < -0.39 is 34.4 Å². The standard InChI is InChI=1S/C14H21N7O7S/c22-13(18-27-6-9-3-11(4-16-9)20-8-15-7-17-20)12-2-1-10-5-19(12)14(23)21(10)28-29(24,25)26/h7-12,16H,1-6H2,(H,18,22)(H,24,25,26)/t9-,10?,11-,12?/m1/s1. The molecule has 0 aromatic carbocycles. The van der Waals surface area contributed by atoms with Crippen LogP contribution in [0.3, 0.4) is 0 Å². The predicted molar refractivity (Wildman–Crippen MR) is 92.9 cm³/mol. The minimum absolute atomic E-state index is 0.0207. The van der Waals surface area contributed by atoms with E-state index in [-0.39, 0.29) is 25.2 Å². The molecule has 4 atom stereocenters. The summed E-state index contributed by atoms with van der Waals surface area (Å²) in [6, 6.07) is -1.97. The molecule has 3 aliphatic rings. The molecule has 3 aliphatic heterocycles.